The van der Waals surface area contributed by atoms with E-state index >= 15 is 0 Å². The number of aryl methyl sites for hydroxylation is 1. The lowest BCUT2D eigenvalue weighted by molar-refractivity contribution is -0.182. The van der Waals surface area contributed by atoms with E-state index < -0.39 is 0 Å². The Kier molecular flexibility index (Phi) is 2.83. The predicted molar refractivity (Wildman–Crippen MR) is 78.5 cm³/mol. The Balaban J connectivity index is 1.83. The third-order valence-corrected chi connectivity index (χ3v) is 5.01. The minimum absolute atomic E-state index is 0.203. The fourth-order valence-electron chi connectivity index (χ4n) is 3.77. The summed E-state index contributed by atoms with van der Waals surface area (Å²) in [6.07, 6.45) is 3.68. The van der Waals surface area contributed by atoms with E-state index in [1.807, 2.05) is 23.7 Å². The van der Waals surface area contributed by atoms with Gasteiger partial charge in [0.05, 0.1) is 18.6 Å². The summed E-state index contributed by atoms with van der Waals surface area (Å²) in [5.74, 6) is 0.943. The normalized spacial score (nSPS) is 21.9. The van der Waals surface area contributed by atoms with Crippen LogP contribution in [0.15, 0.2) is 18.5 Å². The highest BCUT2D eigenvalue weighted by Gasteiger charge is 2.61. The molecule has 21 heavy (non-hydrogen) atoms. The maximum atomic E-state index is 6.09. The first-order chi connectivity index (χ1) is 10.0. The highest BCUT2D eigenvalue weighted by molar-refractivity contribution is 6.32. The zero-order chi connectivity index (χ0) is 14.7. The summed E-state index contributed by atoms with van der Waals surface area (Å²) in [6, 6.07) is 3.77. The first-order valence-electron chi connectivity index (χ1n) is 6.79. The largest absolute Gasteiger partial charge is 0.380 e. The van der Waals surface area contributed by atoms with Gasteiger partial charge in [-0.25, -0.2) is 4.98 Å². The summed E-state index contributed by atoms with van der Waals surface area (Å²) >= 11 is 12.2. The molecule has 4 rings (SSSR count). The molecule has 1 aliphatic carbocycles. The van der Waals surface area contributed by atoms with Crippen LogP contribution < -0.4 is 0 Å². The van der Waals surface area contributed by atoms with Crippen LogP contribution in [-0.2, 0) is 17.2 Å². The Hall–Kier alpha value is -1.17. The van der Waals surface area contributed by atoms with Gasteiger partial charge in [-0.3, -0.25) is 0 Å². The van der Waals surface area contributed by atoms with Gasteiger partial charge in [0, 0.05) is 12.5 Å². The van der Waals surface area contributed by atoms with E-state index in [-0.39, 0.29) is 10.8 Å². The Morgan fingerprint density at radius 1 is 1.19 bits per heavy atom. The molecule has 2 fully saturated rings. The van der Waals surface area contributed by atoms with Crippen LogP contribution in [-0.4, -0.2) is 33.0 Å². The average Bonchev–Trinajstić information content (AvgIpc) is 2.72. The molecule has 1 saturated carbocycles. The number of pyridine rings is 1. The first-order valence-corrected chi connectivity index (χ1v) is 7.55. The summed E-state index contributed by atoms with van der Waals surface area (Å²) in [7, 11) is 1.96. The van der Waals surface area contributed by atoms with Crippen molar-refractivity contribution in [2.24, 2.45) is 12.5 Å². The van der Waals surface area contributed by atoms with E-state index in [1.54, 1.807) is 6.33 Å². The molecule has 3 heterocycles. The zero-order valence-electron chi connectivity index (χ0n) is 11.5. The standard InChI is InChI=1S/C14H14Cl2N4O/c1-20-8-17-19-12(20)14(4-13(5-14)6-21-7-13)9-2-10(15)18-11(16)3-9/h2-3,8H,4-7H2,1H3. The molecular weight excluding hydrogens is 311 g/mol. The Labute approximate surface area is 132 Å². The lowest BCUT2D eigenvalue weighted by Gasteiger charge is -2.59. The molecular formula is C14H14Cl2N4O. The molecule has 2 aliphatic rings. The van der Waals surface area contributed by atoms with Gasteiger partial charge in [0.25, 0.3) is 0 Å². The van der Waals surface area contributed by atoms with Gasteiger partial charge in [-0.2, -0.15) is 0 Å². The van der Waals surface area contributed by atoms with Gasteiger partial charge in [-0.05, 0) is 30.5 Å². The van der Waals surface area contributed by atoms with E-state index in [0.29, 0.717) is 10.3 Å². The van der Waals surface area contributed by atoms with Crippen molar-refractivity contribution in [3.05, 3.63) is 40.2 Å². The monoisotopic (exact) mass is 324 g/mol. The van der Waals surface area contributed by atoms with Crippen LogP contribution in [0.5, 0.6) is 0 Å². The molecule has 2 aromatic rings. The average molecular weight is 325 g/mol. The van der Waals surface area contributed by atoms with Crippen molar-refractivity contribution in [2.45, 2.75) is 18.3 Å². The van der Waals surface area contributed by atoms with Crippen molar-refractivity contribution in [1.29, 1.82) is 0 Å². The smallest absolute Gasteiger partial charge is 0.143 e. The maximum Gasteiger partial charge on any atom is 0.143 e. The number of halogens is 2. The quantitative estimate of drug-likeness (QED) is 0.797. The van der Waals surface area contributed by atoms with Gasteiger partial charge in [0.1, 0.15) is 22.5 Å². The Morgan fingerprint density at radius 3 is 2.33 bits per heavy atom. The van der Waals surface area contributed by atoms with Crippen molar-refractivity contribution in [3.63, 3.8) is 0 Å². The first kappa shape index (κ1) is 13.5. The van der Waals surface area contributed by atoms with Crippen molar-refractivity contribution in [2.75, 3.05) is 13.2 Å². The number of aromatic nitrogens is 4. The van der Waals surface area contributed by atoms with Crippen LogP contribution >= 0.6 is 23.2 Å². The summed E-state index contributed by atoms with van der Waals surface area (Å²) in [6.45, 7) is 1.64. The van der Waals surface area contributed by atoms with Crippen LogP contribution in [0, 0.1) is 5.41 Å². The molecule has 0 aromatic carbocycles. The van der Waals surface area contributed by atoms with E-state index in [1.165, 1.54) is 0 Å². The maximum absolute atomic E-state index is 6.09. The highest BCUT2D eigenvalue weighted by atomic mass is 35.5. The Morgan fingerprint density at radius 2 is 1.86 bits per heavy atom. The fourth-order valence-corrected chi connectivity index (χ4v) is 4.23. The minimum Gasteiger partial charge on any atom is -0.380 e. The number of nitrogens with zero attached hydrogens (tertiary/aromatic N) is 4. The second-order valence-corrected chi connectivity index (χ2v) is 6.97. The number of rotatable bonds is 2. The Bertz CT molecular complexity index is 682. The predicted octanol–water partition coefficient (Wildman–Crippen LogP) is 2.61. The van der Waals surface area contributed by atoms with E-state index in [0.717, 1.165) is 37.4 Å². The summed E-state index contributed by atoms with van der Waals surface area (Å²) in [4.78, 5) is 4.04. The number of hydrogen-bond donors (Lipinski definition) is 0. The molecule has 0 bridgehead atoms. The van der Waals surface area contributed by atoms with Crippen molar-refractivity contribution in [3.8, 4) is 0 Å². The molecule has 7 heteroatoms. The molecule has 5 nitrogen and oxygen atoms in total. The van der Waals surface area contributed by atoms with E-state index in [4.69, 9.17) is 27.9 Å². The summed E-state index contributed by atoms with van der Waals surface area (Å²) < 4.78 is 7.36. The molecule has 0 atom stereocenters. The SMILES string of the molecule is Cn1cnnc1C1(c2cc(Cl)nc(Cl)c2)CC2(COC2)C1. The lowest BCUT2D eigenvalue weighted by Crippen LogP contribution is -2.60. The molecule has 2 aromatic heterocycles. The van der Waals surface area contributed by atoms with Crippen LogP contribution in [0.4, 0.5) is 0 Å². The molecule has 110 valence electrons. The molecule has 0 N–H and O–H groups in total. The zero-order valence-corrected chi connectivity index (χ0v) is 13.0. The van der Waals surface area contributed by atoms with Gasteiger partial charge in [-0.1, -0.05) is 23.2 Å². The topological polar surface area (TPSA) is 52.8 Å². The highest BCUT2D eigenvalue weighted by Crippen LogP contribution is 2.61. The van der Waals surface area contributed by atoms with Crippen LogP contribution in [0.3, 0.4) is 0 Å². The van der Waals surface area contributed by atoms with Crippen molar-refractivity contribution >= 4 is 23.2 Å². The lowest BCUT2D eigenvalue weighted by atomic mass is 9.49. The van der Waals surface area contributed by atoms with Gasteiger partial charge in [0.15, 0.2) is 0 Å². The number of hydrogen-bond acceptors (Lipinski definition) is 4. The second-order valence-electron chi connectivity index (χ2n) is 6.20. The third-order valence-electron chi connectivity index (χ3n) is 4.62. The fraction of sp³-hybridized carbons (Fsp3) is 0.500. The van der Waals surface area contributed by atoms with Crippen molar-refractivity contribution < 1.29 is 4.74 Å². The van der Waals surface area contributed by atoms with E-state index in [9.17, 15) is 0 Å². The van der Waals surface area contributed by atoms with Gasteiger partial charge >= 0.3 is 0 Å². The minimum atomic E-state index is -0.203. The van der Waals surface area contributed by atoms with Crippen LogP contribution in [0.25, 0.3) is 0 Å². The second kappa shape index (κ2) is 4.41. The van der Waals surface area contributed by atoms with Gasteiger partial charge in [0.2, 0.25) is 0 Å². The summed E-state index contributed by atoms with van der Waals surface area (Å²) in [5, 5.41) is 9.18. The van der Waals surface area contributed by atoms with E-state index in [2.05, 4.69) is 15.2 Å². The molecule has 0 radical (unpaired) electrons. The number of ether oxygens (including phenoxy) is 1. The summed E-state index contributed by atoms with van der Waals surface area (Å²) in [5.41, 5.74) is 1.13. The molecule has 1 saturated heterocycles. The molecule has 0 unspecified atom stereocenters. The van der Waals surface area contributed by atoms with Crippen LogP contribution in [0.2, 0.25) is 10.3 Å². The third kappa shape index (κ3) is 1.91. The van der Waals surface area contributed by atoms with Gasteiger partial charge in [-0.15, -0.1) is 10.2 Å². The molecule has 0 amide bonds. The van der Waals surface area contributed by atoms with Gasteiger partial charge < -0.3 is 9.30 Å². The van der Waals surface area contributed by atoms with Crippen molar-refractivity contribution in [1.82, 2.24) is 19.7 Å². The van der Waals surface area contributed by atoms with Crippen LogP contribution in [0.1, 0.15) is 24.2 Å². The molecule has 1 aliphatic heterocycles. The molecule has 1 spiro atoms.